The SMILES string of the molecule is O=C(Nc1ccc(Cl)nc1)c1oc2ncccc2c1NC(=O)C1CCC(N2CCOCC2=O)CC1. The summed E-state index contributed by atoms with van der Waals surface area (Å²) in [5.74, 6) is -1.01. The van der Waals surface area contributed by atoms with E-state index in [1.54, 1.807) is 30.5 Å². The van der Waals surface area contributed by atoms with Gasteiger partial charge in [0.25, 0.3) is 5.91 Å². The Bertz CT molecular complexity index is 1250. The monoisotopic (exact) mass is 497 g/mol. The number of furan rings is 1. The lowest BCUT2D eigenvalue weighted by atomic mass is 9.84. The highest BCUT2D eigenvalue weighted by Gasteiger charge is 2.34. The maximum absolute atomic E-state index is 13.2. The molecule has 1 aliphatic carbocycles. The number of fused-ring (bicyclic) bond motifs is 1. The fraction of sp³-hybridized carbons (Fsp3) is 0.375. The van der Waals surface area contributed by atoms with Crippen molar-refractivity contribution in [2.24, 2.45) is 5.92 Å². The molecule has 0 spiro atoms. The number of anilines is 2. The van der Waals surface area contributed by atoms with Gasteiger partial charge in [-0.1, -0.05) is 11.6 Å². The number of rotatable bonds is 5. The van der Waals surface area contributed by atoms with Gasteiger partial charge in [0.05, 0.1) is 23.9 Å². The van der Waals surface area contributed by atoms with E-state index in [4.69, 9.17) is 20.8 Å². The number of aromatic nitrogens is 2. The predicted octanol–water partition coefficient (Wildman–Crippen LogP) is 3.48. The van der Waals surface area contributed by atoms with E-state index in [9.17, 15) is 14.4 Å². The smallest absolute Gasteiger partial charge is 0.293 e. The van der Waals surface area contributed by atoms with Gasteiger partial charge in [0, 0.05) is 24.7 Å². The molecular formula is C24H24ClN5O5. The first kappa shape index (κ1) is 23.3. The van der Waals surface area contributed by atoms with Gasteiger partial charge >= 0.3 is 0 Å². The molecule has 2 fully saturated rings. The molecule has 2 N–H and O–H groups in total. The van der Waals surface area contributed by atoms with E-state index < -0.39 is 5.91 Å². The van der Waals surface area contributed by atoms with Crippen molar-refractivity contribution in [1.82, 2.24) is 14.9 Å². The van der Waals surface area contributed by atoms with E-state index in [0.717, 1.165) is 12.8 Å². The molecule has 2 aliphatic rings. The molecular weight excluding hydrogens is 474 g/mol. The molecule has 11 heteroatoms. The van der Waals surface area contributed by atoms with Gasteiger partial charge in [-0.05, 0) is 49.9 Å². The van der Waals surface area contributed by atoms with Gasteiger partial charge in [0.1, 0.15) is 17.4 Å². The van der Waals surface area contributed by atoms with E-state index >= 15 is 0 Å². The van der Waals surface area contributed by atoms with Crippen molar-refractivity contribution in [3.8, 4) is 0 Å². The summed E-state index contributed by atoms with van der Waals surface area (Å²) in [5.41, 5.74) is 0.959. The molecule has 0 unspecified atom stereocenters. The van der Waals surface area contributed by atoms with E-state index in [1.807, 2.05) is 4.90 Å². The number of nitrogens with zero attached hydrogens (tertiary/aromatic N) is 3. The lowest BCUT2D eigenvalue weighted by Gasteiger charge is -2.38. The Kier molecular flexibility index (Phi) is 6.65. The van der Waals surface area contributed by atoms with Gasteiger partial charge in [0.2, 0.25) is 23.3 Å². The van der Waals surface area contributed by atoms with Gasteiger partial charge in [-0.25, -0.2) is 9.97 Å². The third-order valence-electron chi connectivity index (χ3n) is 6.44. The van der Waals surface area contributed by atoms with Crippen molar-refractivity contribution < 1.29 is 23.5 Å². The average molecular weight is 498 g/mol. The number of nitrogens with one attached hydrogen (secondary N) is 2. The highest BCUT2D eigenvalue weighted by Crippen LogP contribution is 2.33. The van der Waals surface area contributed by atoms with Crippen molar-refractivity contribution in [2.75, 3.05) is 30.4 Å². The largest absolute Gasteiger partial charge is 0.430 e. The molecule has 1 aliphatic heterocycles. The highest BCUT2D eigenvalue weighted by molar-refractivity contribution is 6.29. The number of amides is 3. The van der Waals surface area contributed by atoms with Crippen molar-refractivity contribution >= 4 is 51.8 Å². The van der Waals surface area contributed by atoms with Gasteiger partial charge < -0.3 is 24.7 Å². The Morgan fingerprint density at radius 1 is 1.09 bits per heavy atom. The molecule has 3 aromatic rings. The quantitative estimate of drug-likeness (QED) is 0.516. The van der Waals surface area contributed by atoms with E-state index in [1.165, 1.54) is 6.20 Å². The summed E-state index contributed by atoms with van der Waals surface area (Å²) >= 11 is 5.81. The van der Waals surface area contributed by atoms with Gasteiger partial charge in [-0.15, -0.1) is 0 Å². The minimum atomic E-state index is -0.544. The highest BCUT2D eigenvalue weighted by atomic mass is 35.5. The van der Waals surface area contributed by atoms with E-state index in [2.05, 4.69) is 20.6 Å². The van der Waals surface area contributed by atoms with Crippen molar-refractivity contribution in [3.63, 3.8) is 0 Å². The first-order chi connectivity index (χ1) is 17.0. The maximum Gasteiger partial charge on any atom is 0.293 e. The topological polar surface area (TPSA) is 127 Å². The van der Waals surface area contributed by atoms with Crippen LogP contribution in [-0.4, -0.2) is 58.4 Å². The van der Waals surface area contributed by atoms with E-state index in [0.29, 0.717) is 42.2 Å². The molecule has 3 amide bonds. The zero-order valence-electron chi connectivity index (χ0n) is 18.8. The van der Waals surface area contributed by atoms with Crippen LogP contribution < -0.4 is 10.6 Å². The number of hydrogen-bond donors (Lipinski definition) is 2. The summed E-state index contributed by atoms with van der Waals surface area (Å²) in [6.07, 6.45) is 5.76. The van der Waals surface area contributed by atoms with Crippen molar-refractivity contribution in [1.29, 1.82) is 0 Å². The average Bonchev–Trinajstić information content (AvgIpc) is 3.24. The normalized spacial score (nSPS) is 20.6. The molecule has 1 saturated heterocycles. The third kappa shape index (κ3) is 4.98. The van der Waals surface area contributed by atoms with Crippen LogP contribution in [0, 0.1) is 5.92 Å². The van der Waals surface area contributed by atoms with Gasteiger partial charge in [0.15, 0.2) is 0 Å². The van der Waals surface area contributed by atoms with Crippen LogP contribution in [0.1, 0.15) is 36.2 Å². The molecule has 0 radical (unpaired) electrons. The lowest BCUT2D eigenvalue weighted by Crippen LogP contribution is -2.49. The van der Waals surface area contributed by atoms with Crippen LogP contribution in [0.5, 0.6) is 0 Å². The molecule has 0 aromatic carbocycles. The Morgan fingerprint density at radius 3 is 2.66 bits per heavy atom. The van der Waals surface area contributed by atoms with Crippen LogP contribution in [0.15, 0.2) is 41.1 Å². The first-order valence-corrected chi connectivity index (χ1v) is 11.9. The summed E-state index contributed by atoms with van der Waals surface area (Å²) in [4.78, 5) is 48.4. The van der Waals surface area contributed by atoms with Gasteiger partial charge in [-0.3, -0.25) is 14.4 Å². The minimum Gasteiger partial charge on any atom is -0.430 e. The number of pyridine rings is 2. The summed E-state index contributed by atoms with van der Waals surface area (Å²) in [7, 11) is 0. The Morgan fingerprint density at radius 2 is 1.91 bits per heavy atom. The second-order valence-electron chi connectivity index (χ2n) is 8.62. The number of halogens is 1. The molecule has 5 rings (SSSR count). The summed E-state index contributed by atoms with van der Waals surface area (Å²) in [5, 5.41) is 6.45. The van der Waals surface area contributed by atoms with Crippen LogP contribution >= 0.6 is 11.6 Å². The molecule has 1 saturated carbocycles. The molecule has 4 heterocycles. The van der Waals surface area contributed by atoms with Crippen molar-refractivity contribution in [3.05, 3.63) is 47.6 Å². The number of carbonyl (C=O) groups excluding carboxylic acids is 3. The zero-order chi connectivity index (χ0) is 24.4. The summed E-state index contributed by atoms with van der Waals surface area (Å²) in [6.45, 7) is 1.26. The standard InChI is InChI=1S/C24H24ClN5O5/c25-18-8-5-15(12-27-18)28-23(33)21-20(17-2-1-9-26-24(17)35-21)29-22(32)14-3-6-16(7-4-14)30-10-11-34-13-19(30)31/h1-2,5,8-9,12,14,16H,3-4,6-7,10-11,13H2,(H,28,33)(H,29,32). The lowest BCUT2D eigenvalue weighted by molar-refractivity contribution is -0.146. The molecule has 182 valence electrons. The fourth-order valence-corrected chi connectivity index (χ4v) is 4.76. The first-order valence-electron chi connectivity index (χ1n) is 11.5. The minimum absolute atomic E-state index is 0.00746. The number of carbonyl (C=O) groups is 3. The molecule has 10 nitrogen and oxygen atoms in total. The molecule has 0 bridgehead atoms. The number of hydrogen-bond acceptors (Lipinski definition) is 7. The fourth-order valence-electron chi connectivity index (χ4n) is 4.65. The summed E-state index contributed by atoms with van der Waals surface area (Å²) in [6, 6.07) is 6.75. The second kappa shape index (κ2) is 10.0. The Labute approximate surface area is 206 Å². The van der Waals surface area contributed by atoms with Crippen LogP contribution in [0.2, 0.25) is 5.15 Å². The number of ether oxygens (including phenoxy) is 1. The molecule has 3 aromatic heterocycles. The van der Waals surface area contributed by atoms with Crippen LogP contribution in [-0.2, 0) is 14.3 Å². The van der Waals surface area contributed by atoms with Crippen LogP contribution in [0.25, 0.3) is 11.1 Å². The zero-order valence-corrected chi connectivity index (χ0v) is 19.6. The maximum atomic E-state index is 13.2. The van der Waals surface area contributed by atoms with Crippen LogP contribution in [0.4, 0.5) is 11.4 Å². The second-order valence-corrected chi connectivity index (χ2v) is 9.01. The predicted molar refractivity (Wildman–Crippen MR) is 128 cm³/mol. The molecule has 0 atom stereocenters. The third-order valence-corrected chi connectivity index (χ3v) is 6.66. The summed E-state index contributed by atoms with van der Waals surface area (Å²) < 4.78 is 10.9. The van der Waals surface area contributed by atoms with E-state index in [-0.39, 0.29) is 47.5 Å². The Hall–Kier alpha value is -3.50. The Balaban J connectivity index is 1.30. The van der Waals surface area contributed by atoms with Crippen LogP contribution in [0.3, 0.4) is 0 Å². The van der Waals surface area contributed by atoms with Gasteiger partial charge in [-0.2, -0.15) is 0 Å². The van der Waals surface area contributed by atoms with Crippen molar-refractivity contribution in [2.45, 2.75) is 31.7 Å². The number of morpholine rings is 1. The molecule has 35 heavy (non-hydrogen) atoms.